The summed E-state index contributed by atoms with van der Waals surface area (Å²) in [5, 5.41) is 3.29. The number of benzene rings is 1. The highest BCUT2D eigenvalue weighted by Gasteiger charge is 2.14. The molecule has 1 aromatic heterocycles. The van der Waals surface area contributed by atoms with Gasteiger partial charge in [0.2, 0.25) is 5.95 Å². The topological polar surface area (TPSA) is 61.0 Å². The molecule has 0 amide bonds. The highest BCUT2D eigenvalue weighted by atomic mass is 16.1. The first-order valence-electron chi connectivity index (χ1n) is 6.86. The van der Waals surface area contributed by atoms with Gasteiger partial charge in [0.05, 0.1) is 5.69 Å². The van der Waals surface area contributed by atoms with Gasteiger partial charge in [-0.15, -0.1) is 0 Å². The highest BCUT2D eigenvalue weighted by molar-refractivity contribution is 5.61. The molecule has 1 aliphatic heterocycles. The van der Waals surface area contributed by atoms with Gasteiger partial charge in [0.25, 0.3) is 5.56 Å². The molecule has 1 aromatic carbocycles. The molecule has 0 bridgehead atoms. The maximum Gasteiger partial charge on any atom is 0.252 e. The lowest BCUT2D eigenvalue weighted by Crippen LogP contribution is -2.44. The number of aryl methyl sites for hydroxylation is 1. The van der Waals surface area contributed by atoms with Gasteiger partial charge in [-0.25, -0.2) is 4.98 Å². The number of hydrogen-bond donors (Lipinski definition) is 2. The largest absolute Gasteiger partial charge is 0.340 e. The summed E-state index contributed by atoms with van der Waals surface area (Å²) in [5.74, 6) is 0.663. The van der Waals surface area contributed by atoms with Crippen LogP contribution in [-0.4, -0.2) is 36.1 Å². The van der Waals surface area contributed by atoms with Gasteiger partial charge >= 0.3 is 0 Å². The van der Waals surface area contributed by atoms with Crippen molar-refractivity contribution in [1.82, 2.24) is 15.3 Å². The number of rotatable bonds is 2. The summed E-state index contributed by atoms with van der Waals surface area (Å²) in [4.78, 5) is 21.4. The Bertz CT molecular complexity index is 659. The molecule has 3 rings (SSSR count). The van der Waals surface area contributed by atoms with Crippen molar-refractivity contribution in [3.05, 3.63) is 46.2 Å². The molecule has 1 aliphatic rings. The van der Waals surface area contributed by atoms with Crippen LogP contribution in [0.2, 0.25) is 0 Å². The quantitative estimate of drug-likeness (QED) is 0.859. The van der Waals surface area contributed by atoms with E-state index in [1.807, 2.05) is 31.2 Å². The minimum atomic E-state index is -0.106. The number of nitrogens with zero attached hydrogens (tertiary/aromatic N) is 2. The lowest BCUT2D eigenvalue weighted by molar-refractivity contribution is 0.579. The molecule has 1 fully saturated rings. The molecule has 0 aliphatic carbocycles. The van der Waals surface area contributed by atoms with Gasteiger partial charge in [-0.2, -0.15) is 0 Å². The Balaban J connectivity index is 2.00. The Morgan fingerprint density at radius 2 is 2.00 bits per heavy atom. The second-order valence-electron chi connectivity index (χ2n) is 5.06. The molecule has 5 heteroatoms. The van der Waals surface area contributed by atoms with Crippen LogP contribution in [0.25, 0.3) is 11.3 Å². The smallest absolute Gasteiger partial charge is 0.252 e. The summed E-state index contributed by atoms with van der Waals surface area (Å²) < 4.78 is 0. The SMILES string of the molecule is Cc1cccc(-c2cc(=O)[nH]c(N3CCNCC3)n2)c1. The number of anilines is 1. The van der Waals surface area contributed by atoms with Crippen LogP contribution >= 0.6 is 0 Å². The molecule has 2 heterocycles. The molecule has 104 valence electrons. The standard InChI is InChI=1S/C15H18N4O/c1-11-3-2-4-12(9-11)13-10-14(20)18-15(17-13)19-7-5-16-6-8-19/h2-4,9-10,16H,5-8H2,1H3,(H,17,18,20). The summed E-state index contributed by atoms with van der Waals surface area (Å²) in [6.45, 7) is 5.59. The fourth-order valence-corrected chi connectivity index (χ4v) is 2.42. The molecule has 0 atom stereocenters. The van der Waals surface area contributed by atoms with Crippen molar-refractivity contribution in [2.24, 2.45) is 0 Å². The molecule has 0 unspecified atom stereocenters. The number of aromatic nitrogens is 2. The normalized spacial score (nSPS) is 15.3. The van der Waals surface area contributed by atoms with E-state index in [2.05, 4.69) is 20.2 Å². The van der Waals surface area contributed by atoms with Gasteiger partial charge in [0.15, 0.2) is 0 Å². The number of H-pyrrole nitrogens is 1. The zero-order chi connectivity index (χ0) is 13.9. The summed E-state index contributed by atoms with van der Waals surface area (Å²) in [6, 6.07) is 9.60. The molecular formula is C15H18N4O. The van der Waals surface area contributed by atoms with Crippen molar-refractivity contribution in [2.45, 2.75) is 6.92 Å². The summed E-state index contributed by atoms with van der Waals surface area (Å²) in [6.07, 6.45) is 0. The first-order chi connectivity index (χ1) is 9.72. The first-order valence-corrected chi connectivity index (χ1v) is 6.86. The Kier molecular flexibility index (Phi) is 3.52. The van der Waals surface area contributed by atoms with Crippen molar-refractivity contribution in [3.63, 3.8) is 0 Å². The van der Waals surface area contributed by atoms with E-state index in [-0.39, 0.29) is 5.56 Å². The zero-order valence-electron chi connectivity index (χ0n) is 11.5. The van der Waals surface area contributed by atoms with Gasteiger partial charge in [-0.3, -0.25) is 9.78 Å². The van der Waals surface area contributed by atoms with Crippen molar-refractivity contribution in [2.75, 3.05) is 31.1 Å². The predicted octanol–water partition coefficient (Wildman–Crippen LogP) is 1.15. The Labute approximate surface area is 117 Å². The fourth-order valence-electron chi connectivity index (χ4n) is 2.42. The van der Waals surface area contributed by atoms with E-state index in [1.54, 1.807) is 6.07 Å². The van der Waals surface area contributed by atoms with Gasteiger partial charge < -0.3 is 10.2 Å². The lowest BCUT2D eigenvalue weighted by atomic mass is 10.1. The fraction of sp³-hybridized carbons (Fsp3) is 0.333. The predicted molar refractivity (Wildman–Crippen MR) is 80.1 cm³/mol. The van der Waals surface area contributed by atoms with Gasteiger partial charge in [-0.1, -0.05) is 23.8 Å². The molecule has 2 aromatic rings. The van der Waals surface area contributed by atoms with Crippen LogP contribution in [0.3, 0.4) is 0 Å². The van der Waals surface area contributed by atoms with E-state index < -0.39 is 0 Å². The van der Waals surface area contributed by atoms with E-state index in [9.17, 15) is 4.79 Å². The van der Waals surface area contributed by atoms with Crippen molar-refractivity contribution in [1.29, 1.82) is 0 Å². The summed E-state index contributed by atoms with van der Waals surface area (Å²) in [5.41, 5.74) is 2.76. The van der Waals surface area contributed by atoms with Crippen LogP contribution in [0.1, 0.15) is 5.56 Å². The molecule has 1 saturated heterocycles. The highest BCUT2D eigenvalue weighted by Crippen LogP contribution is 2.18. The van der Waals surface area contributed by atoms with E-state index >= 15 is 0 Å². The maximum absolute atomic E-state index is 11.9. The van der Waals surface area contributed by atoms with Crippen LogP contribution in [0.15, 0.2) is 35.1 Å². The van der Waals surface area contributed by atoms with E-state index in [4.69, 9.17) is 0 Å². The molecule has 0 saturated carbocycles. The van der Waals surface area contributed by atoms with E-state index in [1.165, 1.54) is 0 Å². The molecule has 0 spiro atoms. The Morgan fingerprint density at radius 1 is 1.20 bits per heavy atom. The second-order valence-corrected chi connectivity index (χ2v) is 5.06. The number of nitrogens with one attached hydrogen (secondary N) is 2. The second kappa shape index (κ2) is 5.46. The first kappa shape index (κ1) is 12.9. The molecule has 0 radical (unpaired) electrons. The minimum absolute atomic E-state index is 0.106. The number of aromatic amines is 1. The van der Waals surface area contributed by atoms with Crippen molar-refractivity contribution >= 4 is 5.95 Å². The lowest BCUT2D eigenvalue weighted by Gasteiger charge is -2.27. The Morgan fingerprint density at radius 3 is 2.75 bits per heavy atom. The average molecular weight is 270 g/mol. The molecule has 2 N–H and O–H groups in total. The molecule has 20 heavy (non-hydrogen) atoms. The summed E-state index contributed by atoms with van der Waals surface area (Å²) >= 11 is 0. The third-order valence-electron chi connectivity index (χ3n) is 3.46. The van der Waals surface area contributed by atoms with Crippen LogP contribution < -0.4 is 15.8 Å². The minimum Gasteiger partial charge on any atom is -0.340 e. The van der Waals surface area contributed by atoms with Crippen LogP contribution in [0.5, 0.6) is 0 Å². The van der Waals surface area contributed by atoms with E-state index in [0.717, 1.165) is 43.0 Å². The third-order valence-corrected chi connectivity index (χ3v) is 3.46. The summed E-state index contributed by atoms with van der Waals surface area (Å²) in [7, 11) is 0. The average Bonchev–Trinajstić information content (AvgIpc) is 2.47. The third kappa shape index (κ3) is 2.72. The molecule has 5 nitrogen and oxygen atoms in total. The van der Waals surface area contributed by atoms with Gasteiger partial charge in [0, 0.05) is 37.8 Å². The number of piperazine rings is 1. The zero-order valence-corrected chi connectivity index (χ0v) is 11.5. The Hall–Kier alpha value is -2.14. The molecular weight excluding hydrogens is 252 g/mol. The van der Waals surface area contributed by atoms with Crippen LogP contribution in [0.4, 0.5) is 5.95 Å². The van der Waals surface area contributed by atoms with E-state index in [0.29, 0.717) is 5.95 Å². The van der Waals surface area contributed by atoms with Crippen LogP contribution in [-0.2, 0) is 0 Å². The van der Waals surface area contributed by atoms with Crippen molar-refractivity contribution in [3.8, 4) is 11.3 Å². The maximum atomic E-state index is 11.9. The van der Waals surface area contributed by atoms with Crippen LogP contribution in [0, 0.1) is 6.92 Å². The monoisotopic (exact) mass is 270 g/mol. The number of hydrogen-bond acceptors (Lipinski definition) is 4. The van der Waals surface area contributed by atoms with Crippen molar-refractivity contribution < 1.29 is 0 Å². The van der Waals surface area contributed by atoms with Gasteiger partial charge in [-0.05, 0) is 13.0 Å². The van der Waals surface area contributed by atoms with Gasteiger partial charge in [0.1, 0.15) is 0 Å².